The first-order valence-corrected chi connectivity index (χ1v) is 8.35. The van der Waals surface area contributed by atoms with Crippen LogP contribution in [-0.4, -0.2) is 42.7 Å². The van der Waals surface area contributed by atoms with Crippen molar-refractivity contribution in [2.45, 2.75) is 25.9 Å². The average molecular weight is 370 g/mol. The van der Waals surface area contributed by atoms with E-state index in [0.29, 0.717) is 18.5 Å². The number of rotatable bonds is 7. The maximum absolute atomic E-state index is 12.5. The zero-order chi connectivity index (χ0) is 19.6. The number of non-ortho nitro benzene ring substituents is 1. The lowest BCUT2D eigenvalue weighted by atomic mass is 9.96. The first kappa shape index (κ1) is 18.3. The summed E-state index contributed by atoms with van der Waals surface area (Å²) < 4.78 is 1.85. The Labute approximate surface area is 154 Å². The topological polar surface area (TPSA) is 119 Å². The molecule has 27 heavy (non-hydrogen) atoms. The normalized spacial score (nSPS) is 16.9. The maximum atomic E-state index is 12.5. The predicted molar refractivity (Wildman–Crippen MR) is 94.7 cm³/mol. The molecule has 0 spiro atoms. The number of nitro groups is 1. The molecule has 0 aliphatic carbocycles. The Morgan fingerprint density at radius 3 is 2.78 bits per heavy atom. The van der Waals surface area contributed by atoms with E-state index in [1.807, 2.05) is 4.57 Å². The number of benzene rings is 1. The quantitative estimate of drug-likeness (QED) is 0.589. The van der Waals surface area contributed by atoms with Gasteiger partial charge in [0.1, 0.15) is 0 Å². The van der Waals surface area contributed by atoms with E-state index in [9.17, 15) is 24.8 Å². The standard InChI is InChI=1S/C18H18N4O5/c1-12(23)15-16(13-4-2-5-14(10-13)22(26)27)21(18(25)17(15)24)8-3-7-20-9-6-19-11-20/h2,4-6,9-11,16,24H,3,7-8H2,1H3/t16-/m0/s1. The Morgan fingerprint density at radius 1 is 1.37 bits per heavy atom. The van der Waals surface area contributed by atoms with Gasteiger partial charge in [-0.3, -0.25) is 19.7 Å². The van der Waals surface area contributed by atoms with Gasteiger partial charge in [0.05, 0.1) is 22.9 Å². The third-order valence-corrected chi connectivity index (χ3v) is 4.45. The van der Waals surface area contributed by atoms with Crippen LogP contribution < -0.4 is 0 Å². The van der Waals surface area contributed by atoms with Crippen molar-refractivity contribution in [3.63, 3.8) is 0 Å². The monoisotopic (exact) mass is 370 g/mol. The number of carbonyl (C=O) groups is 2. The minimum atomic E-state index is -0.849. The molecule has 0 bridgehead atoms. The van der Waals surface area contributed by atoms with E-state index in [1.165, 1.54) is 30.0 Å². The molecule has 1 amide bonds. The van der Waals surface area contributed by atoms with Gasteiger partial charge in [0.25, 0.3) is 11.6 Å². The van der Waals surface area contributed by atoms with Crippen molar-refractivity contribution in [3.8, 4) is 0 Å². The van der Waals surface area contributed by atoms with Gasteiger partial charge in [-0.1, -0.05) is 12.1 Å². The fourth-order valence-corrected chi connectivity index (χ4v) is 3.24. The van der Waals surface area contributed by atoms with Crippen molar-refractivity contribution in [1.29, 1.82) is 0 Å². The molecular formula is C18H18N4O5. The first-order valence-electron chi connectivity index (χ1n) is 8.35. The van der Waals surface area contributed by atoms with Crippen LogP contribution in [0.2, 0.25) is 0 Å². The highest BCUT2D eigenvalue weighted by molar-refractivity contribution is 6.08. The molecule has 3 rings (SSSR count). The number of nitrogens with zero attached hydrogens (tertiary/aromatic N) is 4. The van der Waals surface area contributed by atoms with Gasteiger partial charge < -0.3 is 14.6 Å². The molecule has 0 saturated carbocycles. The average Bonchev–Trinajstić information content (AvgIpc) is 3.23. The Balaban J connectivity index is 1.91. The number of imidazole rings is 1. The Kier molecular flexibility index (Phi) is 5.02. The lowest BCUT2D eigenvalue weighted by Gasteiger charge is -2.26. The van der Waals surface area contributed by atoms with E-state index >= 15 is 0 Å². The SMILES string of the molecule is CC(=O)C1=C(O)C(=O)N(CCCn2ccnc2)[C@H]1c1cccc([N+](=O)[O-])c1. The van der Waals surface area contributed by atoms with Crippen LogP contribution in [0.15, 0.2) is 54.3 Å². The van der Waals surface area contributed by atoms with Crippen LogP contribution in [0.1, 0.15) is 24.9 Å². The molecule has 140 valence electrons. The number of aryl methyl sites for hydroxylation is 1. The number of carbonyl (C=O) groups excluding carboxylic acids is 2. The van der Waals surface area contributed by atoms with E-state index in [2.05, 4.69) is 4.98 Å². The van der Waals surface area contributed by atoms with Gasteiger partial charge in [-0.05, 0) is 18.9 Å². The van der Waals surface area contributed by atoms with Gasteiger partial charge in [0, 0.05) is 37.6 Å². The second-order valence-electron chi connectivity index (χ2n) is 6.23. The number of hydrogen-bond donors (Lipinski definition) is 1. The summed E-state index contributed by atoms with van der Waals surface area (Å²) in [4.78, 5) is 40.5. The van der Waals surface area contributed by atoms with E-state index in [0.717, 1.165) is 0 Å². The zero-order valence-electron chi connectivity index (χ0n) is 14.6. The second kappa shape index (κ2) is 7.40. The fraction of sp³-hybridized carbons (Fsp3) is 0.278. The predicted octanol–water partition coefficient (Wildman–Crippen LogP) is 2.17. The molecule has 9 nitrogen and oxygen atoms in total. The molecule has 9 heteroatoms. The van der Waals surface area contributed by atoms with Gasteiger partial charge in [-0.2, -0.15) is 0 Å². The molecule has 2 aromatic rings. The summed E-state index contributed by atoms with van der Waals surface area (Å²) in [6.07, 6.45) is 5.65. The largest absolute Gasteiger partial charge is 0.503 e. The highest BCUT2D eigenvalue weighted by atomic mass is 16.6. The number of nitro benzene ring substituents is 1. The van der Waals surface area contributed by atoms with Gasteiger partial charge in [0.15, 0.2) is 11.5 Å². The Bertz CT molecular complexity index is 920. The van der Waals surface area contributed by atoms with Crippen molar-refractivity contribution in [3.05, 3.63) is 70.0 Å². The van der Waals surface area contributed by atoms with Crippen LogP contribution in [0.5, 0.6) is 0 Å². The number of aliphatic hydroxyl groups excluding tert-OH is 1. The molecule has 1 aromatic heterocycles. The third kappa shape index (κ3) is 3.57. The summed E-state index contributed by atoms with van der Waals surface area (Å²) in [5, 5.41) is 21.3. The number of Topliss-reactive ketones (excluding diaryl/α,β-unsaturated/α-hetero) is 1. The van der Waals surface area contributed by atoms with Crippen molar-refractivity contribution in [2.75, 3.05) is 6.54 Å². The molecule has 1 atom stereocenters. The molecule has 0 unspecified atom stereocenters. The molecule has 0 radical (unpaired) electrons. The van der Waals surface area contributed by atoms with Crippen LogP contribution >= 0.6 is 0 Å². The van der Waals surface area contributed by atoms with Crippen molar-refractivity contribution in [2.24, 2.45) is 0 Å². The molecule has 1 aliphatic heterocycles. The zero-order valence-corrected chi connectivity index (χ0v) is 14.6. The molecule has 0 fully saturated rings. The number of hydrogen-bond acceptors (Lipinski definition) is 6. The molecular weight excluding hydrogens is 352 g/mol. The minimum Gasteiger partial charge on any atom is -0.503 e. The van der Waals surface area contributed by atoms with Gasteiger partial charge in [-0.25, -0.2) is 4.98 Å². The Hall–Kier alpha value is -3.49. The fourth-order valence-electron chi connectivity index (χ4n) is 3.24. The number of ketones is 1. The maximum Gasteiger partial charge on any atom is 0.290 e. The summed E-state index contributed by atoms with van der Waals surface area (Å²) in [6, 6.07) is 4.91. The van der Waals surface area contributed by atoms with E-state index in [4.69, 9.17) is 0 Å². The third-order valence-electron chi connectivity index (χ3n) is 4.45. The summed E-state index contributed by atoms with van der Waals surface area (Å²) in [5.74, 6) is -1.70. The summed E-state index contributed by atoms with van der Waals surface area (Å²) >= 11 is 0. The molecule has 1 aromatic carbocycles. The van der Waals surface area contributed by atoms with Crippen molar-refractivity contribution >= 4 is 17.4 Å². The van der Waals surface area contributed by atoms with Gasteiger partial charge in [0.2, 0.25) is 0 Å². The van der Waals surface area contributed by atoms with Crippen LogP contribution in [0.25, 0.3) is 0 Å². The van der Waals surface area contributed by atoms with Gasteiger partial charge >= 0.3 is 0 Å². The first-order chi connectivity index (χ1) is 12.9. The van der Waals surface area contributed by atoms with Crippen molar-refractivity contribution in [1.82, 2.24) is 14.5 Å². The molecule has 1 N–H and O–H groups in total. The van der Waals surface area contributed by atoms with Crippen LogP contribution in [-0.2, 0) is 16.1 Å². The highest BCUT2D eigenvalue weighted by Crippen LogP contribution is 2.38. The number of aromatic nitrogens is 2. The van der Waals surface area contributed by atoms with E-state index in [1.54, 1.807) is 24.8 Å². The number of amides is 1. The van der Waals surface area contributed by atoms with E-state index in [-0.39, 0.29) is 17.8 Å². The van der Waals surface area contributed by atoms with Crippen molar-refractivity contribution < 1.29 is 19.6 Å². The van der Waals surface area contributed by atoms with Gasteiger partial charge in [-0.15, -0.1) is 0 Å². The van der Waals surface area contributed by atoms with Crippen LogP contribution in [0, 0.1) is 10.1 Å². The second-order valence-corrected chi connectivity index (χ2v) is 6.23. The van der Waals surface area contributed by atoms with E-state index < -0.39 is 28.4 Å². The smallest absolute Gasteiger partial charge is 0.290 e. The Morgan fingerprint density at radius 2 is 2.15 bits per heavy atom. The summed E-state index contributed by atoms with van der Waals surface area (Å²) in [6.45, 7) is 2.13. The van der Waals surface area contributed by atoms with Crippen LogP contribution in [0.3, 0.4) is 0 Å². The highest BCUT2D eigenvalue weighted by Gasteiger charge is 2.42. The minimum absolute atomic E-state index is 0.0388. The molecule has 1 aliphatic rings. The van der Waals surface area contributed by atoms with Crippen LogP contribution in [0.4, 0.5) is 5.69 Å². The lowest BCUT2D eigenvalue weighted by Crippen LogP contribution is -2.32. The molecule has 2 heterocycles. The summed E-state index contributed by atoms with van der Waals surface area (Å²) in [5.41, 5.74) is 0.227. The number of aliphatic hydroxyl groups is 1. The summed E-state index contributed by atoms with van der Waals surface area (Å²) in [7, 11) is 0. The lowest BCUT2D eigenvalue weighted by molar-refractivity contribution is -0.384. The molecule has 0 saturated heterocycles.